The molecule has 0 nitrogen and oxygen atoms in total. The summed E-state index contributed by atoms with van der Waals surface area (Å²) >= 11 is 5.69. The lowest BCUT2D eigenvalue weighted by Gasteiger charge is -2.07. The second-order valence-corrected chi connectivity index (χ2v) is 7.94. The van der Waals surface area contributed by atoms with E-state index in [1.165, 1.54) is 28.8 Å². The molecule has 0 fully saturated rings. The molecule has 0 aliphatic rings. The number of halogens is 3. The quantitative estimate of drug-likeness (QED) is 0.294. The lowest BCUT2D eigenvalue weighted by atomic mass is 9.99. The third-order valence-electron chi connectivity index (χ3n) is 5.41. The highest BCUT2D eigenvalue weighted by molar-refractivity contribution is 6.30. The summed E-state index contributed by atoms with van der Waals surface area (Å²) in [6, 6.07) is 22.4. The van der Waals surface area contributed by atoms with Gasteiger partial charge in [0.05, 0.1) is 10.6 Å². The van der Waals surface area contributed by atoms with Crippen LogP contribution in [-0.4, -0.2) is 0 Å². The largest absolute Gasteiger partial charge is 0.205 e. The summed E-state index contributed by atoms with van der Waals surface area (Å²) in [7, 11) is 0. The van der Waals surface area contributed by atoms with Crippen LogP contribution in [0.2, 0.25) is 5.02 Å². The minimum absolute atomic E-state index is 0.0382. The van der Waals surface area contributed by atoms with Gasteiger partial charge < -0.3 is 0 Å². The van der Waals surface area contributed by atoms with Gasteiger partial charge in [-0.1, -0.05) is 78.9 Å². The monoisotopic (exact) mass is 430 g/mol. The van der Waals surface area contributed by atoms with Crippen molar-refractivity contribution >= 4 is 22.4 Å². The summed E-state index contributed by atoms with van der Waals surface area (Å²) < 4.78 is 28.5. The maximum absolute atomic E-state index is 15.0. The van der Waals surface area contributed by atoms with Crippen LogP contribution in [0.25, 0.3) is 10.8 Å². The van der Waals surface area contributed by atoms with E-state index in [4.69, 9.17) is 11.6 Å². The molecule has 0 saturated carbocycles. The first kappa shape index (κ1) is 21.1. The molecule has 0 unspecified atom stereocenters. The number of benzene rings is 4. The Morgan fingerprint density at radius 3 is 2.19 bits per heavy atom. The normalized spacial score (nSPS) is 10.7. The molecule has 0 radical (unpaired) electrons. The second-order valence-electron chi connectivity index (χ2n) is 7.53. The van der Waals surface area contributed by atoms with Gasteiger partial charge in [-0.2, -0.15) is 0 Å². The summed E-state index contributed by atoms with van der Waals surface area (Å²) in [6.07, 6.45) is 2.88. The van der Waals surface area contributed by atoms with E-state index in [0.717, 1.165) is 24.6 Å². The van der Waals surface area contributed by atoms with Gasteiger partial charge >= 0.3 is 0 Å². The molecule has 0 aromatic heterocycles. The van der Waals surface area contributed by atoms with Gasteiger partial charge in [0.2, 0.25) is 0 Å². The Morgan fingerprint density at radius 1 is 0.742 bits per heavy atom. The maximum Gasteiger partial charge on any atom is 0.146 e. The summed E-state index contributed by atoms with van der Waals surface area (Å²) in [5.41, 5.74) is 4.54. The fraction of sp³-hybridized carbons (Fsp3) is 0.143. The number of hydrogen-bond donors (Lipinski definition) is 0. The number of rotatable bonds is 4. The second kappa shape index (κ2) is 9.33. The molecule has 0 atom stereocenters. The zero-order chi connectivity index (χ0) is 21.8. The first-order valence-electron chi connectivity index (χ1n) is 10.3. The van der Waals surface area contributed by atoms with E-state index in [2.05, 4.69) is 43.0 Å². The van der Waals surface area contributed by atoms with Crippen LogP contribution in [0.15, 0.2) is 72.8 Å². The molecule has 31 heavy (non-hydrogen) atoms. The number of aryl methyl sites for hydroxylation is 3. The van der Waals surface area contributed by atoms with Gasteiger partial charge in [0.1, 0.15) is 11.6 Å². The third-order valence-corrected chi connectivity index (χ3v) is 5.72. The molecule has 3 heteroatoms. The summed E-state index contributed by atoms with van der Waals surface area (Å²) in [6.45, 7) is 2.15. The number of fused-ring (bicyclic) bond motifs is 1. The van der Waals surface area contributed by atoms with Crippen LogP contribution in [0.4, 0.5) is 8.78 Å². The Labute approximate surface area is 186 Å². The Morgan fingerprint density at radius 2 is 1.45 bits per heavy atom. The molecular formula is C28H21ClF2. The summed E-state index contributed by atoms with van der Waals surface area (Å²) in [5.74, 6) is 4.71. The molecule has 0 heterocycles. The van der Waals surface area contributed by atoms with Crippen molar-refractivity contribution in [2.75, 3.05) is 0 Å². The predicted octanol–water partition coefficient (Wildman–Crippen LogP) is 7.52. The highest BCUT2D eigenvalue weighted by Crippen LogP contribution is 2.23. The molecule has 4 aromatic carbocycles. The molecule has 0 bridgehead atoms. The van der Waals surface area contributed by atoms with E-state index in [9.17, 15) is 8.78 Å². The Kier molecular flexibility index (Phi) is 6.35. The molecule has 0 aliphatic heterocycles. The van der Waals surface area contributed by atoms with Crippen LogP contribution in [-0.2, 0) is 19.3 Å². The smallest absolute Gasteiger partial charge is 0.146 e. The van der Waals surface area contributed by atoms with E-state index in [1.807, 2.05) is 24.3 Å². The van der Waals surface area contributed by atoms with Gasteiger partial charge in [0, 0.05) is 10.9 Å². The molecule has 0 N–H and O–H groups in total. The van der Waals surface area contributed by atoms with E-state index < -0.39 is 5.82 Å². The van der Waals surface area contributed by atoms with Crippen LogP contribution < -0.4 is 0 Å². The summed E-state index contributed by atoms with van der Waals surface area (Å²) in [5, 5.41) is 1.42. The molecule has 0 spiro atoms. The lowest BCUT2D eigenvalue weighted by molar-refractivity contribution is 0.628. The van der Waals surface area contributed by atoms with Gasteiger partial charge in [-0.25, -0.2) is 8.78 Å². The Hall–Kier alpha value is -3.15. The highest BCUT2D eigenvalue weighted by atomic mass is 35.5. The molecule has 154 valence electrons. The van der Waals surface area contributed by atoms with Crippen LogP contribution in [0.1, 0.15) is 34.7 Å². The zero-order valence-corrected chi connectivity index (χ0v) is 17.9. The van der Waals surface area contributed by atoms with Crippen molar-refractivity contribution in [1.82, 2.24) is 0 Å². The topological polar surface area (TPSA) is 0 Å². The van der Waals surface area contributed by atoms with Gasteiger partial charge in [-0.3, -0.25) is 0 Å². The van der Waals surface area contributed by atoms with Gasteiger partial charge in [0.15, 0.2) is 0 Å². The van der Waals surface area contributed by atoms with Crippen LogP contribution in [0.5, 0.6) is 0 Å². The molecule has 4 aromatic rings. The van der Waals surface area contributed by atoms with Crippen molar-refractivity contribution in [2.24, 2.45) is 0 Å². The molecule has 0 saturated heterocycles. The van der Waals surface area contributed by atoms with Crippen molar-refractivity contribution < 1.29 is 8.78 Å². The minimum atomic E-state index is -0.540. The fourth-order valence-corrected chi connectivity index (χ4v) is 3.65. The van der Waals surface area contributed by atoms with Crippen LogP contribution in [0.3, 0.4) is 0 Å². The van der Waals surface area contributed by atoms with Crippen molar-refractivity contribution in [3.8, 4) is 11.8 Å². The van der Waals surface area contributed by atoms with E-state index in [0.29, 0.717) is 10.9 Å². The first-order valence-corrected chi connectivity index (χ1v) is 10.7. The van der Waals surface area contributed by atoms with Crippen LogP contribution in [0, 0.1) is 23.5 Å². The van der Waals surface area contributed by atoms with E-state index in [-0.39, 0.29) is 16.4 Å². The molecule has 0 aliphatic carbocycles. The van der Waals surface area contributed by atoms with E-state index in [1.54, 1.807) is 12.1 Å². The highest BCUT2D eigenvalue weighted by Gasteiger charge is 2.07. The van der Waals surface area contributed by atoms with Gasteiger partial charge in [-0.05, 0) is 65.6 Å². The van der Waals surface area contributed by atoms with Gasteiger partial charge in [0.25, 0.3) is 0 Å². The first-order chi connectivity index (χ1) is 15.0. The number of hydrogen-bond acceptors (Lipinski definition) is 0. The Bertz CT molecular complexity index is 1290. The molecular weight excluding hydrogens is 410 g/mol. The zero-order valence-electron chi connectivity index (χ0n) is 17.2. The minimum Gasteiger partial charge on any atom is -0.205 e. The average molecular weight is 431 g/mol. The maximum atomic E-state index is 15.0. The predicted molar refractivity (Wildman–Crippen MR) is 125 cm³/mol. The van der Waals surface area contributed by atoms with Crippen molar-refractivity contribution in [2.45, 2.75) is 26.2 Å². The van der Waals surface area contributed by atoms with Crippen molar-refractivity contribution in [1.29, 1.82) is 0 Å². The third kappa shape index (κ3) is 4.95. The Balaban J connectivity index is 1.53. The van der Waals surface area contributed by atoms with Crippen LogP contribution >= 0.6 is 11.6 Å². The standard InChI is InChI=1S/C28H21ClF2/c1-2-19-3-5-20(6-4-19)7-8-21-10-15-25-24(17-21)14-13-23(28(25)31)12-9-22-11-16-26(29)27(30)18-22/h3-6,10-11,13-18H,2,7-8H2,1H3. The van der Waals surface area contributed by atoms with E-state index >= 15 is 0 Å². The lowest BCUT2D eigenvalue weighted by Crippen LogP contribution is -1.93. The SMILES string of the molecule is CCc1ccc(CCc2ccc3c(F)c(C#Cc4ccc(Cl)c(F)c4)ccc3c2)cc1. The average Bonchev–Trinajstić information content (AvgIpc) is 2.80. The summed E-state index contributed by atoms with van der Waals surface area (Å²) in [4.78, 5) is 0. The van der Waals surface area contributed by atoms with Crippen molar-refractivity contribution in [3.63, 3.8) is 0 Å². The molecule has 4 rings (SSSR count). The fourth-order valence-electron chi connectivity index (χ4n) is 3.54. The van der Waals surface area contributed by atoms with Crippen molar-refractivity contribution in [3.05, 3.63) is 117 Å². The van der Waals surface area contributed by atoms with Gasteiger partial charge in [-0.15, -0.1) is 0 Å². The molecule has 0 amide bonds.